The average molecular weight is 396 g/mol. The molecule has 1 N–H and O–H groups in total. The third-order valence-electron chi connectivity index (χ3n) is 9.66. The van der Waals surface area contributed by atoms with Crippen LogP contribution in [0.4, 0.5) is 0 Å². The summed E-state index contributed by atoms with van der Waals surface area (Å²) in [6, 6.07) is 5.93. The van der Waals surface area contributed by atoms with Gasteiger partial charge in [0.1, 0.15) is 6.10 Å². The molecule has 3 nitrogen and oxygen atoms in total. The Labute approximate surface area is 176 Å². The van der Waals surface area contributed by atoms with E-state index in [1.807, 2.05) is 24.4 Å². The number of hydrogen-bond acceptors (Lipinski definition) is 3. The molecule has 0 radical (unpaired) electrons. The number of rotatable bonds is 3. The van der Waals surface area contributed by atoms with Gasteiger partial charge < -0.3 is 9.84 Å². The van der Waals surface area contributed by atoms with Gasteiger partial charge in [0.15, 0.2) is 0 Å². The van der Waals surface area contributed by atoms with Crippen LogP contribution in [-0.2, 0) is 0 Å². The molecular weight excluding hydrogens is 358 g/mol. The van der Waals surface area contributed by atoms with E-state index in [0.717, 1.165) is 36.5 Å². The Balaban J connectivity index is 1.37. The lowest BCUT2D eigenvalue weighted by atomic mass is 9.47. The van der Waals surface area contributed by atoms with Gasteiger partial charge in [0.25, 0.3) is 0 Å². The first kappa shape index (κ1) is 19.6. The lowest BCUT2D eigenvalue weighted by molar-refractivity contribution is -0.0646. The Morgan fingerprint density at radius 2 is 1.97 bits per heavy atom. The van der Waals surface area contributed by atoms with E-state index in [1.165, 1.54) is 38.5 Å². The summed E-state index contributed by atoms with van der Waals surface area (Å²) in [6.07, 6.45) is 14.1. The molecule has 3 fully saturated rings. The highest BCUT2D eigenvalue weighted by Gasteiger charge is 2.59. The third kappa shape index (κ3) is 3.07. The molecule has 1 unspecified atom stereocenters. The summed E-state index contributed by atoms with van der Waals surface area (Å²) >= 11 is 0. The first-order valence-corrected chi connectivity index (χ1v) is 11.9. The third-order valence-corrected chi connectivity index (χ3v) is 9.66. The van der Waals surface area contributed by atoms with Gasteiger partial charge in [0.05, 0.1) is 6.10 Å². The second kappa shape index (κ2) is 7.11. The van der Waals surface area contributed by atoms with E-state index in [0.29, 0.717) is 16.7 Å². The van der Waals surface area contributed by atoms with Crippen molar-refractivity contribution in [2.45, 2.75) is 84.3 Å². The van der Waals surface area contributed by atoms with Crippen LogP contribution < -0.4 is 4.74 Å². The maximum absolute atomic E-state index is 10.2. The Morgan fingerprint density at radius 3 is 2.76 bits per heavy atom. The molecule has 1 aromatic rings. The summed E-state index contributed by atoms with van der Waals surface area (Å²) in [5, 5.41) is 10.2. The molecule has 0 spiro atoms. The van der Waals surface area contributed by atoms with E-state index in [2.05, 4.69) is 31.8 Å². The fourth-order valence-electron chi connectivity index (χ4n) is 8.14. The van der Waals surface area contributed by atoms with E-state index < -0.39 is 0 Å². The van der Waals surface area contributed by atoms with E-state index in [-0.39, 0.29) is 12.2 Å². The Bertz CT molecular complexity index is 776. The van der Waals surface area contributed by atoms with Gasteiger partial charge in [-0.2, -0.15) is 0 Å². The molecule has 8 atom stereocenters. The van der Waals surface area contributed by atoms with Crippen LogP contribution in [0.5, 0.6) is 5.88 Å². The molecule has 29 heavy (non-hydrogen) atoms. The average Bonchev–Trinajstić information content (AvgIpc) is 3.06. The minimum absolute atomic E-state index is 0.111. The zero-order valence-corrected chi connectivity index (χ0v) is 18.3. The Kier molecular flexibility index (Phi) is 4.81. The fourth-order valence-corrected chi connectivity index (χ4v) is 8.14. The van der Waals surface area contributed by atoms with Gasteiger partial charge in [-0.3, -0.25) is 0 Å². The van der Waals surface area contributed by atoms with Gasteiger partial charge in [0, 0.05) is 18.2 Å². The molecule has 0 aromatic carbocycles. The predicted octanol–water partition coefficient (Wildman–Crippen LogP) is 5.79. The predicted molar refractivity (Wildman–Crippen MR) is 116 cm³/mol. The number of pyridine rings is 1. The molecule has 0 aliphatic heterocycles. The zero-order chi connectivity index (χ0) is 20.2. The number of aliphatic hydroxyl groups excluding tert-OH is 1. The van der Waals surface area contributed by atoms with Gasteiger partial charge >= 0.3 is 0 Å². The van der Waals surface area contributed by atoms with Crippen molar-refractivity contribution in [2.24, 2.45) is 34.5 Å². The minimum Gasteiger partial charge on any atom is -0.474 e. The number of fused-ring (bicyclic) bond motifs is 5. The lowest BCUT2D eigenvalue weighted by Crippen LogP contribution is -2.51. The fraction of sp³-hybridized carbons (Fsp3) is 0.731. The summed E-state index contributed by atoms with van der Waals surface area (Å²) in [7, 11) is 0. The van der Waals surface area contributed by atoms with Crippen molar-refractivity contribution < 1.29 is 9.84 Å². The summed E-state index contributed by atoms with van der Waals surface area (Å²) in [4.78, 5) is 4.39. The molecule has 158 valence electrons. The van der Waals surface area contributed by atoms with Crippen molar-refractivity contribution in [3.8, 4) is 5.88 Å². The summed E-state index contributed by atoms with van der Waals surface area (Å²) in [5.41, 5.74) is 2.28. The van der Waals surface area contributed by atoms with Crippen molar-refractivity contribution in [2.75, 3.05) is 0 Å². The first-order valence-electron chi connectivity index (χ1n) is 11.9. The van der Waals surface area contributed by atoms with Crippen molar-refractivity contribution in [1.82, 2.24) is 4.98 Å². The largest absolute Gasteiger partial charge is 0.474 e. The second-order valence-corrected chi connectivity index (χ2v) is 10.9. The van der Waals surface area contributed by atoms with E-state index >= 15 is 0 Å². The maximum Gasteiger partial charge on any atom is 0.213 e. The normalized spacial score (nSPS) is 44.8. The van der Waals surface area contributed by atoms with E-state index in [4.69, 9.17) is 4.74 Å². The molecule has 4 aliphatic carbocycles. The first-order chi connectivity index (χ1) is 13.9. The Morgan fingerprint density at radius 1 is 1.10 bits per heavy atom. The van der Waals surface area contributed by atoms with Crippen LogP contribution in [0.3, 0.4) is 0 Å². The molecule has 3 saturated carbocycles. The minimum atomic E-state index is -0.111. The monoisotopic (exact) mass is 395 g/mol. The number of hydrogen-bond donors (Lipinski definition) is 1. The zero-order valence-electron chi connectivity index (χ0n) is 18.3. The van der Waals surface area contributed by atoms with Gasteiger partial charge in [-0.15, -0.1) is 0 Å². The van der Waals surface area contributed by atoms with Crippen LogP contribution in [0, 0.1) is 34.5 Å². The quantitative estimate of drug-likeness (QED) is 0.659. The lowest BCUT2D eigenvalue weighted by Gasteiger charge is -2.58. The van der Waals surface area contributed by atoms with E-state index in [9.17, 15) is 5.11 Å². The summed E-state index contributed by atoms with van der Waals surface area (Å²) in [5.74, 6) is 3.80. The SMILES string of the molecule is CC(Oc1ccccn1)[C@H]1CC[C@H]2[C@@H]3CC=C4C[C@@H](O)CC[C@]4(C)[C@H]3CC[C@]12C. The molecule has 0 amide bonds. The van der Waals surface area contributed by atoms with Gasteiger partial charge in [-0.05, 0) is 92.9 Å². The number of nitrogens with zero attached hydrogens (tertiary/aromatic N) is 1. The van der Waals surface area contributed by atoms with Crippen molar-refractivity contribution >= 4 is 0 Å². The molecule has 0 bridgehead atoms. The van der Waals surface area contributed by atoms with Crippen LogP contribution in [0.1, 0.15) is 72.1 Å². The number of allylic oxidation sites excluding steroid dienone is 1. The van der Waals surface area contributed by atoms with Crippen molar-refractivity contribution in [3.63, 3.8) is 0 Å². The molecule has 5 rings (SSSR count). The van der Waals surface area contributed by atoms with Crippen molar-refractivity contribution in [1.29, 1.82) is 0 Å². The van der Waals surface area contributed by atoms with Gasteiger partial charge in [0.2, 0.25) is 5.88 Å². The molecular formula is C26H37NO2. The van der Waals surface area contributed by atoms with Crippen LogP contribution >= 0.6 is 0 Å². The van der Waals surface area contributed by atoms with E-state index in [1.54, 1.807) is 5.57 Å². The highest BCUT2D eigenvalue weighted by molar-refractivity contribution is 5.25. The Hall–Kier alpha value is -1.35. The number of aromatic nitrogens is 1. The number of aliphatic hydroxyl groups is 1. The molecule has 0 saturated heterocycles. The highest BCUT2D eigenvalue weighted by Crippen LogP contribution is 2.66. The van der Waals surface area contributed by atoms with Crippen LogP contribution in [0.25, 0.3) is 0 Å². The summed E-state index contributed by atoms with van der Waals surface area (Å²) < 4.78 is 6.32. The molecule has 3 heteroatoms. The van der Waals surface area contributed by atoms with Crippen LogP contribution in [0.2, 0.25) is 0 Å². The van der Waals surface area contributed by atoms with Gasteiger partial charge in [-0.1, -0.05) is 31.6 Å². The maximum atomic E-state index is 10.2. The molecule has 1 aromatic heterocycles. The van der Waals surface area contributed by atoms with Gasteiger partial charge in [-0.25, -0.2) is 4.98 Å². The topological polar surface area (TPSA) is 42.4 Å². The molecule has 1 heterocycles. The highest BCUT2D eigenvalue weighted by atomic mass is 16.5. The molecule has 4 aliphatic rings. The van der Waals surface area contributed by atoms with Crippen LogP contribution in [-0.4, -0.2) is 22.3 Å². The smallest absolute Gasteiger partial charge is 0.213 e. The second-order valence-electron chi connectivity index (χ2n) is 10.9. The standard InChI is InChI=1S/C26H37NO2/c1-17(29-24-6-4-5-15-27-24)21-9-10-22-20-8-7-18-16-19(28)11-13-25(18,2)23(20)12-14-26(21,22)3/h4-7,15,17,19-23,28H,8-14,16H2,1-3H3/t17?,19-,20-,21+,22-,23-,25-,26+/m0/s1. The number of ether oxygens (including phenoxy) is 1. The van der Waals surface area contributed by atoms with Crippen LogP contribution in [0.15, 0.2) is 36.0 Å². The van der Waals surface area contributed by atoms with Crippen molar-refractivity contribution in [3.05, 3.63) is 36.0 Å². The summed E-state index contributed by atoms with van der Waals surface area (Å²) in [6.45, 7) is 7.35.